The summed E-state index contributed by atoms with van der Waals surface area (Å²) in [6.07, 6.45) is 1.99. The summed E-state index contributed by atoms with van der Waals surface area (Å²) in [5.41, 5.74) is 4.25. The Morgan fingerprint density at radius 2 is 2.25 bits per heavy atom. The van der Waals surface area contributed by atoms with E-state index < -0.39 is 0 Å². The molecule has 2 rings (SSSR count). The molecule has 1 aromatic carbocycles. The molecule has 2 unspecified atom stereocenters. The van der Waals surface area contributed by atoms with E-state index in [1.54, 1.807) is 12.1 Å². The van der Waals surface area contributed by atoms with Crippen LogP contribution < -0.4 is 11.3 Å². The highest BCUT2D eigenvalue weighted by Gasteiger charge is 2.49. The Labute approximate surface area is 96.0 Å². The monoisotopic (exact) mass is 222 g/mol. The van der Waals surface area contributed by atoms with E-state index in [4.69, 9.17) is 5.84 Å². The average molecular weight is 222 g/mol. The molecular formula is C13H19FN2. The van der Waals surface area contributed by atoms with Crippen molar-refractivity contribution in [1.82, 2.24) is 5.43 Å². The van der Waals surface area contributed by atoms with Crippen LogP contribution >= 0.6 is 0 Å². The van der Waals surface area contributed by atoms with Gasteiger partial charge in [-0.05, 0) is 41.9 Å². The average Bonchev–Trinajstić information content (AvgIpc) is 2.84. The molecule has 0 aromatic heterocycles. The van der Waals surface area contributed by atoms with Crippen LogP contribution in [0.15, 0.2) is 24.3 Å². The van der Waals surface area contributed by atoms with Crippen molar-refractivity contribution in [3.05, 3.63) is 35.6 Å². The van der Waals surface area contributed by atoms with E-state index in [1.807, 2.05) is 6.07 Å². The van der Waals surface area contributed by atoms with Gasteiger partial charge < -0.3 is 0 Å². The Hall–Kier alpha value is -0.930. The fourth-order valence-corrected chi connectivity index (χ4v) is 2.43. The van der Waals surface area contributed by atoms with Gasteiger partial charge in [0.2, 0.25) is 0 Å². The second kappa shape index (κ2) is 4.15. The van der Waals surface area contributed by atoms with E-state index in [1.165, 1.54) is 12.5 Å². The van der Waals surface area contributed by atoms with Crippen LogP contribution in [0.4, 0.5) is 4.39 Å². The first-order valence-corrected chi connectivity index (χ1v) is 5.73. The minimum absolute atomic E-state index is 0.177. The second-order valence-electron chi connectivity index (χ2n) is 5.41. The molecule has 1 aliphatic carbocycles. The number of benzene rings is 1. The fraction of sp³-hybridized carbons (Fsp3) is 0.538. The zero-order valence-electron chi connectivity index (χ0n) is 9.83. The van der Waals surface area contributed by atoms with Crippen LogP contribution in [-0.2, 0) is 6.42 Å². The van der Waals surface area contributed by atoms with Gasteiger partial charge in [0.15, 0.2) is 0 Å². The molecule has 3 heteroatoms. The molecule has 1 saturated carbocycles. The molecule has 0 spiro atoms. The van der Waals surface area contributed by atoms with Gasteiger partial charge in [0.25, 0.3) is 0 Å². The fourth-order valence-electron chi connectivity index (χ4n) is 2.43. The van der Waals surface area contributed by atoms with Crippen LogP contribution in [0.1, 0.15) is 25.8 Å². The van der Waals surface area contributed by atoms with Crippen LogP contribution in [-0.4, -0.2) is 6.04 Å². The Balaban J connectivity index is 2.03. The lowest BCUT2D eigenvalue weighted by atomic mass is 9.98. The molecular weight excluding hydrogens is 203 g/mol. The van der Waals surface area contributed by atoms with Crippen molar-refractivity contribution < 1.29 is 4.39 Å². The minimum atomic E-state index is -0.177. The molecule has 0 bridgehead atoms. The molecule has 0 heterocycles. The van der Waals surface area contributed by atoms with Crippen LogP contribution in [0.25, 0.3) is 0 Å². The molecule has 2 atom stereocenters. The van der Waals surface area contributed by atoms with Gasteiger partial charge in [-0.15, -0.1) is 0 Å². The van der Waals surface area contributed by atoms with Crippen molar-refractivity contribution in [3.8, 4) is 0 Å². The van der Waals surface area contributed by atoms with Crippen molar-refractivity contribution in [2.45, 2.75) is 32.7 Å². The first-order valence-electron chi connectivity index (χ1n) is 5.73. The number of halogens is 1. The van der Waals surface area contributed by atoms with Crippen LogP contribution in [0.2, 0.25) is 0 Å². The number of hydrogen-bond acceptors (Lipinski definition) is 2. The maximum atomic E-state index is 13.0. The summed E-state index contributed by atoms with van der Waals surface area (Å²) in [6, 6.07) is 6.99. The topological polar surface area (TPSA) is 38.0 Å². The van der Waals surface area contributed by atoms with E-state index in [2.05, 4.69) is 19.3 Å². The summed E-state index contributed by atoms with van der Waals surface area (Å²) in [4.78, 5) is 0. The largest absolute Gasteiger partial charge is 0.271 e. The molecule has 16 heavy (non-hydrogen) atoms. The van der Waals surface area contributed by atoms with Gasteiger partial charge >= 0.3 is 0 Å². The third-order valence-corrected chi connectivity index (χ3v) is 3.63. The summed E-state index contributed by atoms with van der Waals surface area (Å²) in [6.45, 7) is 4.49. The van der Waals surface area contributed by atoms with Gasteiger partial charge in [0, 0.05) is 6.04 Å². The third-order valence-electron chi connectivity index (χ3n) is 3.63. The SMILES string of the molecule is CC1(C)CC1C(Cc1cccc(F)c1)NN. The predicted molar refractivity (Wildman–Crippen MR) is 63.1 cm³/mol. The number of hydrogen-bond donors (Lipinski definition) is 2. The van der Waals surface area contributed by atoms with Crippen molar-refractivity contribution >= 4 is 0 Å². The van der Waals surface area contributed by atoms with Gasteiger partial charge in [0.05, 0.1) is 0 Å². The summed E-state index contributed by atoms with van der Waals surface area (Å²) in [5.74, 6) is 6.00. The number of hydrazine groups is 1. The van der Waals surface area contributed by atoms with E-state index >= 15 is 0 Å². The zero-order valence-corrected chi connectivity index (χ0v) is 9.83. The molecule has 3 N–H and O–H groups in total. The molecule has 1 fully saturated rings. The lowest BCUT2D eigenvalue weighted by molar-refractivity contribution is 0.408. The van der Waals surface area contributed by atoms with Gasteiger partial charge in [-0.2, -0.15) is 0 Å². The van der Waals surface area contributed by atoms with E-state index in [-0.39, 0.29) is 11.9 Å². The van der Waals surface area contributed by atoms with Gasteiger partial charge in [-0.25, -0.2) is 4.39 Å². The first-order chi connectivity index (χ1) is 7.53. The third kappa shape index (κ3) is 2.42. The minimum Gasteiger partial charge on any atom is -0.271 e. The molecule has 1 aromatic rings. The highest BCUT2D eigenvalue weighted by molar-refractivity contribution is 5.19. The Morgan fingerprint density at radius 3 is 2.75 bits per heavy atom. The molecule has 88 valence electrons. The normalized spacial score (nSPS) is 24.1. The van der Waals surface area contributed by atoms with E-state index in [0.29, 0.717) is 11.3 Å². The molecule has 2 nitrogen and oxygen atoms in total. The van der Waals surface area contributed by atoms with Crippen LogP contribution in [0.3, 0.4) is 0 Å². The van der Waals surface area contributed by atoms with Crippen molar-refractivity contribution in [3.63, 3.8) is 0 Å². The number of nitrogens with two attached hydrogens (primary N) is 1. The molecule has 0 amide bonds. The summed E-state index contributed by atoms with van der Waals surface area (Å²) in [5, 5.41) is 0. The van der Waals surface area contributed by atoms with Gasteiger partial charge in [0.1, 0.15) is 5.82 Å². The Kier molecular flexibility index (Phi) is 3.00. The lowest BCUT2D eigenvalue weighted by Crippen LogP contribution is -2.39. The van der Waals surface area contributed by atoms with E-state index in [0.717, 1.165) is 12.0 Å². The Bertz CT molecular complexity index is 376. The molecule has 0 aliphatic heterocycles. The number of nitrogens with one attached hydrogen (secondary N) is 1. The zero-order chi connectivity index (χ0) is 11.8. The van der Waals surface area contributed by atoms with Crippen LogP contribution in [0, 0.1) is 17.2 Å². The van der Waals surface area contributed by atoms with Crippen LogP contribution in [0.5, 0.6) is 0 Å². The maximum absolute atomic E-state index is 13.0. The molecule has 0 radical (unpaired) electrons. The summed E-state index contributed by atoms with van der Waals surface area (Å²) < 4.78 is 13.0. The highest BCUT2D eigenvalue weighted by atomic mass is 19.1. The van der Waals surface area contributed by atoms with Crippen molar-refractivity contribution in [2.24, 2.45) is 17.2 Å². The molecule has 0 saturated heterocycles. The van der Waals surface area contributed by atoms with Crippen molar-refractivity contribution in [2.75, 3.05) is 0 Å². The van der Waals surface area contributed by atoms with E-state index in [9.17, 15) is 4.39 Å². The highest BCUT2D eigenvalue weighted by Crippen LogP contribution is 2.53. The lowest BCUT2D eigenvalue weighted by Gasteiger charge is -2.17. The standard InChI is InChI=1S/C13H19FN2/c1-13(2)8-11(13)12(16-15)7-9-4-3-5-10(14)6-9/h3-6,11-12,16H,7-8,15H2,1-2H3. The summed E-state index contributed by atoms with van der Waals surface area (Å²) in [7, 11) is 0. The second-order valence-corrected chi connectivity index (χ2v) is 5.41. The smallest absolute Gasteiger partial charge is 0.123 e. The predicted octanol–water partition coefficient (Wildman–Crippen LogP) is 2.25. The first kappa shape index (κ1) is 11.6. The maximum Gasteiger partial charge on any atom is 0.123 e. The number of rotatable bonds is 4. The van der Waals surface area contributed by atoms with Gasteiger partial charge in [-0.3, -0.25) is 11.3 Å². The summed E-state index contributed by atoms with van der Waals surface area (Å²) >= 11 is 0. The Morgan fingerprint density at radius 1 is 1.56 bits per heavy atom. The van der Waals surface area contributed by atoms with Crippen molar-refractivity contribution in [1.29, 1.82) is 0 Å². The van der Waals surface area contributed by atoms with Gasteiger partial charge in [-0.1, -0.05) is 26.0 Å². The molecule has 1 aliphatic rings. The quantitative estimate of drug-likeness (QED) is 0.605.